The molecule has 3 rings (SSSR count). The number of nitrogens with zero attached hydrogens (tertiary/aromatic N) is 2. The Kier molecular flexibility index (Phi) is 3.94. The molecule has 0 spiro atoms. The second-order valence-electron chi connectivity index (χ2n) is 4.96. The van der Waals surface area contributed by atoms with Crippen molar-refractivity contribution in [3.05, 3.63) is 48.3 Å². The van der Waals surface area contributed by atoms with Gasteiger partial charge < -0.3 is 13.9 Å². The van der Waals surface area contributed by atoms with Crippen molar-refractivity contribution in [2.75, 3.05) is 14.2 Å². The molecular weight excluding hydrogens is 300 g/mol. The number of ether oxygens (including phenoxy) is 2. The number of alkyl halides is 1. The van der Waals surface area contributed by atoms with Crippen molar-refractivity contribution >= 4 is 17.2 Å². The maximum absolute atomic E-state index is 6.41. The van der Waals surface area contributed by atoms with E-state index in [9.17, 15) is 0 Å². The first-order chi connectivity index (χ1) is 10.7. The third kappa shape index (κ3) is 2.40. The van der Waals surface area contributed by atoms with Crippen LogP contribution in [0.25, 0.3) is 16.9 Å². The first kappa shape index (κ1) is 14.7. The predicted octanol–water partition coefficient (Wildman–Crippen LogP) is 4.32. The SMILES string of the molecule is COc1ccc(OC)c(-c2nc3ccccn3c2C(C)Cl)c1. The molecule has 22 heavy (non-hydrogen) atoms. The fraction of sp³-hybridized carbons (Fsp3) is 0.235. The molecule has 0 saturated heterocycles. The van der Waals surface area contributed by atoms with Crippen LogP contribution in [0.3, 0.4) is 0 Å². The maximum atomic E-state index is 6.41. The summed E-state index contributed by atoms with van der Waals surface area (Å²) >= 11 is 6.41. The Hall–Kier alpha value is -2.20. The summed E-state index contributed by atoms with van der Waals surface area (Å²) in [5.74, 6) is 1.49. The van der Waals surface area contributed by atoms with Gasteiger partial charge in [-0.2, -0.15) is 0 Å². The Morgan fingerprint density at radius 2 is 1.95 bits per heavy atom. The third-order valence-electron chi connectivity index (χ3n) is 3.61. The number of imidazole rings is 1. The fourth-order valence-electron chi connectivity index (χ4n) is 2.59. The Labute approximate surface area is 134 Å². The molecule has 0 radical (unpaired) electrons. The molecular formula is C17H17ClN2O2. The quantitative estimate of drug-likeness (QED) is 0.673. The molecule has 5 heteroatoms. The maximum Gasteiger partial charge on any atom is 0.137 e. The number of fused-ring (bicyclic) bond motifs is 1. The van der Waals surface area contributed by atoms with Crippen LogP contribution in [0.2, 0.25) is 0 Å². The molecule has 0 aliphatic carbocycles. The summed E-state index contributed by atoms with van der Waals surface area (Å²) in [6, 6.07) is 11.5. The average Bonchev–Trinajstić information content (AvgIpc) is 2.93. The van der Waals surface area contributed by atoms with E-state index in [2.05, 4.69) is 0 Å². The molecule has 114 valence electrons. The topological polar surface area (TPSA) is 35.8 Å². The normalized spacial score (nSPS) is 12.4. The van der Waals surface area contributed by atoms with Gasteiger partial charge in [-0.05, 0) is 37.3 Å². The van der Waals surface area contributed by atoms with Gasteiger partial charge in [0.1, 0.15) is 17.1 Å². The molecule has 2 heterocycles. The lowest BCUT2D eigenvalue weighted by molar-refractivity contribution is 0.404. The second-order valence-corrected chi connectivity index (χ2v) is 5.61. The highest BCUT2D eigenvalue weighted by Crippen LogP contribution is 2.38. The van der Waals surface area contributed by atoms with Crippen LogP contribution in [0.5, 0.6) is 11.5 Å². The van der Waals surface area contributed by atoms with Crippen LogP contribution in [0.1, 0.15) is 18.0 Å². The van der Waals surface area contributed by atoms with Gasteiger partial charge in [-0.1, -0.05) is 6.07 Å². The number of aromatic nitrogens is 2. The summed E-state index contributed by atoms with van der Waals surface area (Å²) in [6.45, 7) is 1.94. The van der Waals surface area contributed by atoms with E-state index in [0.29, 0.717) is 0 Å². The Balaban J connectivity index is 2.32. The Morgan fingerprint density at radius 1 is 1.14 bits per heavy atom. The van der Waals surface area contributed by atoms with Crippen molar-refractivity contribution in [2.24, 2.45) is 0 Å². The van der Waals surface area contributed by atoms with E-state index in [-0.39, 0.29) is 5.38 Å². The highest BCUT2D eigenvalue weighted by atomic mass is 35.5. The number of hydrogen-bond donors (Lipinski definition) is 0. The molecule has 0 bridgehead atoms. The Morgan fingerprint density at radius 3 is 2.64 bits per heavy atom. The summed E-state index contributed by atoms with van der Waals surface area (Å²) in [5.41, 5.74) is 3.46. The summed E-state index contributed by atoms with van der Waals surface area (Å²) < 4.78 is 12.8. The summed E-state index contributed by atoms with van der Waals surface area (Å²) in [5, 5.41) is -0.191. The van der Waals surface area contributed by atoms with Crippen LogP contribution in [-0.4, -0.2) is 23.6 Å². The number of methoxy groups -OCH3 is 2. The molecule has 0 saturated carbocycles. The minimum Gasteiger partial charge on any atom is -0.497 e. The van der Waals surface area contributed by atoms with E-state index < -0.39 is 0 Å². The highest BCUT2D eigenvalue weighted by Gasteiger charge is 2.21. The molecule has 1 unspecified atom stereocenters. The van der Waals surface area contributed by atoms with Gasteiger partial charge in [0, 0.05) is 11.8 Å². The molecule has 0 amide bonds. The molecule has 1 aromatic carbocycles. The molecule has 3 aromatic rings. The van der Waals surface area contributed by atoms with Crippen LogP contribution < -0.4 is 9.47 Å². The molecule has 0 fully saturated rings. The zero-order chi connectivity index (χ0) is 15.7. The first-order valence-electron chi connectivity index (χ1n) is 6.99. The molecule has 0 N–H and O–H groups in total. The molecule has 2 aromatic heterocycles. The van der Waals surface area contributed by atoms with E-state index in [0.717, 1.165) is 34.1 Å². The second kappa shape index (κ2) is 5.89. The van der Waals surface area contributed by atoms with Gasteiger partial charge in [0.2, 0.25) is 0 Å². The lowest BCUT2D eigenvalue weighted by Crippen LogP contribution is -1.97. The number of benzene rings is 1. The van der Waals surface area contributed by atoms with Crippen LogP contribution in [0.15, 0.2) is 42.6 Å². The van der Waals surface area contributed by atoms with Gasteiger partial charge in [-0.3, -0.25) is 0 Å². The van der Waals surface area contributed by atoms with Crippen molar-refractivity contribution in [3.8, 4) is 22.8 Å². The monoisotopic (exact) mass is 316 g/mol. The van der Waals surface area contributed by atoms with Crippen molar-refractivity contribution < 1.29 is 9.47 Å². The van der Waals surface area contributed by atoms with Crippen molar-refractivity contribution in [3.63, 3.8) is 0 Å². The highest BCUT2D eigenvalue weighted by molar-refractivity contribution is 6.20. The predicted molar refractivity (Wildman–Crippen MR) is 88.0 cm³/mol. The van der Waals surface area contributed by atoms with Crippen molar-refractivity contribution in [1.29, 1.82) is 0 Å². The van der Waals surface area contributed by atoms with E-state index in [1.807, 2.05) is 53.9 Å². The minimum absolute atomic E-state index is 0.191. The lowest BCUT2D eigenvalue weighted by atomic mass is 10.1. The number of pyridine rings is 1. The largest absolute Gasteiger partial charge is 0.497 e. The van der Waals surface area contributed by atoms with E-state index in [4.69, 9.17) is 26.1 Å². The molecule has 0 aliphatic heterocycles. The Bertz CT molecular complexity index is 812. The third-order valence-corrected chi connectivity index (χ3v) is 3.81. The van der Waals surface area contributed by atoms with Gasteiger partial charge in [0.05, 0.1) is 31.0 Å². The standard InChI is InChI=1S/C17H17ClN2O2/c1-11(18)17-16(19-15-6-4-5-9-20(15)17)13-10-12(21-2)7-8-14(13)22-3/h4-11H,1-3H3. The van der Waals surface area contributed by atoms with Gasteiger partial charge in [-0.15, -0.1) is 11.6 Å². The summed E-state index contributed by atoms with van der Waals surface area (Å²) in [6.07, 6.45) is 1.96. The zero-order valence-electron chi connectivity index (χ0n) is 12.7. The molecule has 1 atom stereocenters. The number of rotatable bonds is 4. The van der Waals surface area contributed by atoms with E-state index >= 15 is 0 Å². The summed E-state index contributed by atoms with van der Waals surface area (Å²) in [4.78, 5) is 4.73. The van der Waals surface area contributed by atoms with Gasteiger partial charge in [0.25, 0.3) is 0 Å². The molecule has 4 nitrogen and oxygen atoms in total. The van der Waals surface area contributed by atoms with E-state index in [1.165, 1.54) is 0 Å². The smallest absolute Gasteiger partial charge is 0.137 e. The van der Waals surface area contributed by atoms with Crippen molar-refractivity contribution in [1.82, 2.24) is 9.38 Å². The van der Waals surface area contributed by atoms with Crippen LogP contribution in [0.4, 0.5) is 0 Å². The van der Waals surface area contributed by atoms with Gasteiger partial charge in [0.15, 0.2) is 0 Å². The van der Waals surface area contributed by atoms with Gasteiger partial charge >= 0.3 is 0 Å². The van der Waals surface area contributed by atoms with Crippen LogP contribution in [0, 0.1) is 0 Å². The fourth-order valence-corrected chi connectivity index (χ4v) is 2.80. The zero-order valence-corrected chi connectivity index (χ0v) is 13.5. The van der Waals surface area contributed by atoms with Crippen LogP contribution in [-0.2, 0) is 0 Å². The average molecular weight is 317 g/mol. The molecule has 0 aliphatic rings. The number of hydrogen-bond acceptors (Lipinski definition) is 3. The van der Waals surface area contributed by atoms with E-state index in [1.54, 1.807) is 14.2 Å². The first-order valence-corrected chi connectivity index (χ1v) is 7.42. The van der Waals surface area contributed by atoms with Crippen LogP contribution >= 0.6 is 11.6 Å². The minimum atomic E-state index is -0.191. The lowest BCUT2D eigenvalue weighted by Gasteiger charge is -2.12. The van der Waals surface area contributed by atoms with Gasteiger partial charge in [-0.25, -0.2) is 4.98 Å². The van der Waals surface area contributed by atoms with Crippen molar-refractivity contribution in [2.45, 2.75) is 12.3 Å². The number of halogens is 1. The summed E-state index contributed by atoms with van der Waals surface area (Å²) in [7, 11) is 3.28.